The molecule has 0 bridgehead atoms. The van der Waals surface area contributed by atoms with Crippen molar-refractivity contribution in [1.29, 1.82) is 0 Å². The van der Waals surface area contributed by atoms with Crippen LogP contribution in [0.1, 0.15) is 44.7 Å². The number of hydrogen-bond acceptors (Lipinski definition) is 2. The highest BCUT2D eigenvalue weighted by molar-refractivity contribution is 5.82. The van der Waals surface area contributed by atoms with E-state index >= 15 is 0 Å². The molecule has 1 aromatic rings. The Morgan fingerprint density at radius 2 is 1.70 bits per heavy atom. The molecule has 0 aromatic heterocycles. The Hall–Kier alpha value is -1.84. The maximum Gasteiger partial charge on any atom is 0.227 e. The van der Waals surface area contributed by atoms with Crippen molar-refractivity contribution in [2.45, 2.75) is 53.0 Å². The maximum absolute atomic E-state index is 12.3. The van der Waals surface area contributed by atoms with Gasteiger partial charge in [-0.1, -0.05) is 50.6 Å². The third kappa shape index (κ3) is 5.08. The molecular weight excluding hydrogens is 288 g/mol. The Kier molecular flexibility index (Phi) is 5.45. The Morgan fingerprint density at radius 3 is 2.22 bits per heavy atom. The Labute approximate surface area is 139 Å². The van der Waals surface area contributed by atoms with Gasteiger partial charge in [0.1, 0.15) is 0 Å². The number of hydrogen-bond donors (Lipinski definition) is 1. The van der Waals surface area contributed by atoms with Gasteiger partial charge >= 0.3 is 0 Å². The van der Waals surface area contributed by atoms with E-state index in [2.05, 4.69) is 5.32 Å². The fraction of sp³-hybridized carbons (Fsp3) is 0.579. The van der Waals surface area contributed by atoms with E-state index in [0.29, 0.717) is 6.42 Å². The van der Waals surface area contributed by atoms with Gasteiger partial charge in [-0.2, -0.15) is 0 Å². The summed E-state index contributed by atoms with van der Waals surface area (Å²) in [6, 6.07) is 8.23. The summed E-state index contributed by atoms with van der Waals surface area (Å²) in [5.74, 6) is 0.261. The van der Waals surface area contributed by atoms with Gasteiger partial charge in [-0.3, -0.25) is 9.59 Å². The minimum Gasteiger partial charge on any atom is -0.353 e. The minimum absolute atomic E-state index is 0.0643. The lowest BCUT2D eigenvalue weighted by atomic mass is 9.93. The number of likely N-dealkylation sites (tertiary alicyclic amines) is 1. The van der Waals surface area contributed by atoms with Crippen molar-refractivity contribution >= 4 is 11.8 Å². The maximum atomic E-state index is 12.3. The van der Waals surface area contributed by atoms with Gasteiger partial charge in [0.2, 0.25) is 11.8 Å². The zero-order valence-corrected chi connectivity index (χ0v) is 14.7. The van der Waals surface area contributed by atoms with E-state index in [1.54, 1.807) is 0 Å². The van der Waals surface area contributed by atoms with Gasteiger partial charge in [0.25, 0.3) is 0 Å². The van der Waals surface area contributed by atoms with Crippen LogP contribution in [0.5, 0.6) is 0 Å². The first-order valence-electron chi connectivity index (χ1n) is 8.40. The van der Waals surface area contributed by atoms with Gasteiger partial charge in [0.15, 0.2) is 0 Å². The van der Waals surface area contributed by atoms with E-state index < -0.39 is 0 Å². The van der Waals surface area contributed by atoms with E-state index in [9.17, 15) is 9.59 Å². The van der Waals surface area contributed by atoms with Crippen LogP contribution in [0.4, 0.5) is 0 Å². The van der Waals surface area contributed by atoms with Crippen molar-refractivity contribution in [2.75, 3.05) is 13.1 Å². The predicted molar refractivity (Wildman–Crippen MR) is 92.1 cm³/mol. The molecular formula is C19H28N2O2. The zero-order chi connectivity index (χ0) is 17.0. The molecule has 0 saturated carbocycles. The van der Waals surface area contributed by atoms with Crippen LogP contribution in [0.25, 0.3) is 0 Å². The average molecular weight is 316 g/mol. The highest BCUT2D eigenvalue weighted by atomic mass is 16.2. The molecule has 1 aliphatic heterocycles. The zero-order valence-electron chi connectivity index (χ0n) is 14.7. The van der Waals surface area contributed by atoms with Gasteiger partial charge < -0.3 is 10.2 Å². The number of aryl methyl sites for hydroxylation is 1. The molecule has 1 aliphatic rings. The monoisotopic (exact) mass is 316 g/mol. The lowest BCUT2D eigenvalue weighted by molar-refractivity contribution is -0.140. The van der Waals surface area contributed by atoms with Crippen LogP contribution in [0, 0.1) is 12.3 Å². The molecule has 0 spiro atoms. The van der Waals surface area contributed by atoms with E-state index in [-0.39, 0.29) is 23.3 Å². The highest BCUT2D eigenvalue weighted by Gasteiger charge is 2.30. The number of nitrogens with zero attached hydrogens (tertiary/aromatic N) is 1. The number of nitrogens with one attached hydrogen (secondary N) is 1. The van der Waals surface area contributed by atoms with Gasteiger partial charge in [0, 0.05) is 24.5 Å². The van der Waals surface area contributed by atoms with Gasteiger partial charge in [-0.25, -0.2) is 0 Å². The number of carbonyl (C=O) groups excluding carboxylic acids is 2. The molecule has 0 atom stereocenters. The van der Waals surface area contributed by atoms with Crippen LogP contribution in [-0.4, -0.2) is 35.8 Å². The smallest absolute Gasteiger partial charge is 0.227 e. The summed E-state index contributed by atoms with van der Waals surface area (Å²) < 4.78 is 0. The normalized spacial score (nSPS) is 16.3. The van der Waals surface area contributed by atoms with Crippen LogP contribution in [0.2, 0.25) is 0 Å². The molecule has 0 aliphatic carbocycles. The number of amides is 2. The number of rotatable bonds is 3. The van der Waals surface area contributed by atoms with Crippen molar-refractivity contribution in [3.63, 3.8) is 0 Å². The largest absolute Gasteiger partial charge is 0.353 e. The van der Waals surface area contributed by atoms with E-state index in [1.807, 2.05) is 56.9 Å². The van der Waals surface area contributed by atoms with Crippen molar-refractivity contribution in [3.05, 3.63) is 35.4 Å². The van der Waals surface area contributed by atoms with E-state index in [0.717, 1.165) is 31.5 Å². The highest BCUT2D eigenvalue weighted by Crippen LogP contribution is 2.21. The molecule has 126 valence electrons. The van der Waals surface area contributed by atoms with Crippen LogP contribution >= 0.6 is 0 Å². The van der Waals surface area contributed by atoms with E-state index in [1.165, 1.54) is 5.56 Å². The first-order chi connectivity index (χ1) is 10.8. The molecule has 1 saturated heterocycles. The molecule has 4 nitrogen and oxygen atoms in total. The summed E-state index contributed by atoms with van der Waals surface area (Å²) in [7, 11) is 0. The minimum atomic E-state index is -0.332. The lowest BCUT2D eigenvalue weighted by Crippen LogP contribution is -2.49. The van der Waals surface area contributed by atoms with Crippen LogP contribution in [0.15, 0.2) is 24.3 Å². The number of piperidine rings is 1. The average Bonchev–Trinajstić information content (AvgIpc) is 2.49. The second-order valence-corrected chi connectivity index (χ2v) is 7.55. The molecule has 1 heterocycles. The van der Waals surface area contributed by atoms with Gasteiger partial charge in [-0.15, -0.1) is 0 Å². The molecule has 1 N–H and O–H groups in total. The molecule has 2 rings (SSSR count). The third-order valence-electron chi connectivity index (χ3n) is 4.27. The van der Waals surface area contributed by atoms with Crippen LogP contribution < -0.4 is 5.32 Å². The molecule has 4 heteroatoms. The van der Waals surface area contributed by atoms with E-state index in [4.69, 9.17) is 0 Å². The molecule has 2 amide bonds. The first kappa shape index (κ1) is 17.5. The Morgan fingerprint density at radius 1 is 1.13 bits per heavy atom. The quantitative estimate of drug-likeness (QED) is 0.932. The second kappa shape index (κ2) is 7.16. The summed E-state index contributed by atoms with van der Waals surface area (Å²) in [6.07, 6.45) is 2.09. The standard InChI is InChI=1S/C19H28N2O2/c1-14-5-7-15(8-6-14)13-17(22)20-16-9-11-21(12-10-16)18(23)19(2,3)4/h5-8,16H,9-13H2,1-4H3,(H,20,22). The first-order valence-corrected chi connectivity index (χ1v) is 8.40. The lowest BCUT2D eigenvalue weighted by Gasteiger charge is -2.36. The molecule has 23 heavy (non-hydrogen) atoms. The van der Waals surface area contributed by atoms with Crippen LogP contribution in [0.3, 0.4) is 0 Å². The summed E-state index contributed by atoms with van der Waals surface area (Å²) in [6.45, 7) is 9.34. The van der Waals surface area contributed by atoms with Crippen molar-refractivity contribution in [3.8, 4) is 0 Å². The van der Waals surface area contributed by atoms with Crippen molar-refractivity contribution < 1.29 is 9.59 Å². The fourth-order valence-corrected chi connectivity index (χ4v) is 2.87. The fourth-order valence-electron chi connectivity index (χ4n) is 2.87. The second-order valence-electron chi connectivity index (χ2n) is 7.55. The van der Waals surface area contributed by atoms with Gasteiger partial charge in [0.05, 0.1) is 6.42 Å². The number of benzene rings is 1. The predicted octanol–water partition coefficient (Wildman–Crippen LogP) is 2.69. The Bertz CT molecular complexity index is 550. The van der Waals surface area contributed by atoms with Crippen molar-refractivity contribution in [2.24, 2.45) is 5.41 Å². The summed E-state index contributed by atoms with van der Waals surface area (Å²) >= 11 is 0. The summed E-state index contributed by atoms with van der Waals surface area (Å²) in [4.78, 5) is 26.3. The third-order valence-corrected chi connectivity index (χ3v) is 4.27. The Balaban J connectivity index is 1.79. The molecule has 1 fully saturated rings. The SMILES string of the molecule is Cc1ccc(CC(=O)NC2CCN(C(=O)C(C)(C)C)CC2)cc1. The molecule has 1 aromatic carbocycles. The molecule has 0 unspecified atom stereocenters. The molecule has 0 radical (unpaired) electrons. The number of carbonyl (C=O) groups is 2. The summed E-state index contributed by atoms with van der Waals surface area (Å²) in [5, 5.41) is 3.10. The summed E-state index contributed by atoms with van der Waals surface area (Å²) in [5.41, 5.74) is 1.90. The van der Waals surface area contributed by atoms with Gasteiger partial charge in [-0.05, 0) is 25.3 Å². The topological polar surface area (TPSA) is 49.4 Å². The van der Waals surface area contributed by atoms with Crippen LogP contribution in [-0.2, 0) is 16.0 Å². The van der Waals surface area contributed by atoms with Crippen molar-refractivity contribution in [1.82, 2.24) is 10.2 Å².